The number of nitrogens with one attached hydrogen (secondary N) is 1. The number of fused-ring (bicyclic) bond motifs is 1. The van der Waals surface area contributed by atoms with Gasteiger partial charge in [-0.1, -0.05) is 18.2 Å². The van der Waals surface area contributed by atoms with Gasteiger partial charge in [0.1, 0.15) is 23.2 Å². The van der Waals surface area contributed by atoms with E-state index in [1.165, 1.54) is 19.4 Å². The minimum Gasteiger partial charge on any atom is -0.497 e. The number of methoxy groups -OCH3 is 1. The van der Waals surface area contributed by atoms with Crippen molar-refractivity contribution in [1.82, 2.24) is 5.43 Å². The number of anilines is 1. The Labute approximate surface area is 153 Å². The molecule has 0 saturated carbocycles. The summed E-state index contributed by atoms with van der Waals surface area (Å²) in [6.45, 7) is 0. The number of amides is 2. The monoisotopic (exact) mass is 362 g/mol. The molecule has 7 heteroatoms. The summed E-state index contributed by atoms with van der Waals surface area (Å²) in [5.41, 5.74) is 3.00. The van der Waals surface area contributed by atoms with Crippen LogP contribution in [0.5, 0.6) is 5.75 Å². The summed E-state index contributed by atoms with van der Waals surface area (Å²) in [6.07, 6.45) is 2.47. The van der Waals surface area contributed by atoms with E-state index < -0.39 is 11.8 Å². The zero-order valence-electron chi connectivity index (χ0n) is 14.3. The Morgan fingerprint density at radius 3 is 2.59 bits per heavy atom. The van der Waals surface area contributed by atoms with Gasteiger partial charge < -0.3 is 9.15 Å². The topological polar surface area (TPSA) is 88.9 Å². The summed E-state index contributed by atoms with van der Waals surface area (Å²) >= 11 is 0. The molecule has 0 spiro atoms. The van der Waals surface area contributed by atoms with Crippen molar-refractivity contribution in [1.29, 1.82) is 0 Å². The van der Waals surface area contributed by atoms with Gasteiger partial charge in [-0.2, -0.15) is 0 Å². The first kappa shape index (κ1) is 16.6. The second kappa shape index (κ2) is 6.45. The number of hydrogen-bond acceptors (Lipinski definition) is 5. The Bertz CT molecular complexity index is 1150. The third-order valence-electron chi connectivity index (χ3n) is 4.21. The number of rotatable bonds is 3. The van der Waals surface area contributed by atoms with Crippen LogP contribution in [0.15, 0.2) is 69.6 Å². The number of hydrogen-bond donors (Lipinski definition) is 1. The smallest absolute Gasteiger partial charge is 0.282 e. The van der Waals surface area contributed by atoms with Gasteiger partial charge in [0.25, 0.3) is 11.8 Å². The Hall–Kier alpha value is -3.87. The van der Waals surface area contributed by atoms with Gasteiger partial charge in [0.15, 0.2) is 5.43 Å². The highest BCUT2D eigenvalue weighted by molar-refractivity contribution is 6.31. The number of nitrogens with zero attached hydrogens (tertiary/aromatic N) is 1. The van der Waals surface area contributed by atoms with Crippen LogP contribution < -0.4 is 20.6 Å². The van der Waals surface area contributed by atoms with Crippen molar-refractivity contribution in [3.63, 3.8) is 0 Å². The van der Waals surface area contributed by atoms with Crippen molar-refractivity contribution in [3.8, 4) is 5.75 Å². The van der Waals surface area contributed by atoms with Crippen LogP contribution in [-0.4, -0.2) is 18.9 Å². The number of hydrazine groups is 1. The highest BCUT2D eigenvalue weighted by atomic mass is 16.5. The van der Waals surface area contributed by atoms with Crippen LogP contribution in [0.3, 0.4) is 0 Å². The summed E-state index contributed by atoms with van der Waals surface area (Å²) in [5, 5.41) is 1.47. The van der Waals surface area contributed by atoms with Crippen LogP contribution in [0.2, 0.25) is 0 Å². The van der Waals surface area contributed by atoms with Gasteiger partial charge in [-0.15, -0.1) is 0 Å². The molecule has 1 aliphatic rings. The van der Waals surface area contributed by atoms with Gasteiger partial charge in [-0.3, -0.25) is 19.8 Å². The molecule has 1 aliphatic heterocycles. The first-order valence-corrected chi connectivity index (χ1v) is 8.10. The van der Waals surface area contributed by atoms with Gasteiger partial charge >= 0.3 is 0 Å². The minimum absolute atomic E-state index is 0.112. The van der Waals surface area contributed by atoms with E-state index in [1.807, 2.05) is 0 Å². The maximum absolute atomic E-state index is 12.7. The van der Waals surface area contributed by atoms with E-state index in [1.54, 1.807) is 48.5 Å². The Balaban J connectivity index is 1.75. The summed E-state index contributed by atoms with van der Waals surface area (Å²) in [7, 11) is 1.51. The lowest BCUT2D eigenvalue weighted by atomic mass is 10.1. The second-order valence-electron chi connectivity index (χ2n) is 5.86. The fourth-order valence-corrected chi connectivity index (χ4v) is 2.82. The summed E-state index contributed by atoms with van der Waals surface area (Å²) in [5.74, 6) is -0.570. The lowest BCUT2D eigenvalue weighted by molar-refractivity contribution is -0.117. The van der Waals surface area contributed by atoms with Crippen molar-refractivity contribution in [2.75, 3.05) is 12.1 Å². The highest BCUT2D eigenvalue weighted by Gasteiger charge is 2.34. The molecule has 4 rings (SSSR count). The number of carbonyl (C=O) groups is 2. The predicted octanol–water partition coefficient (Wildman–Crippen LogP) is 2.26. The first-order valence-electron chi connectivity index (χ1n) is 8.10. The molecule has 2 heterocycles. The Kier molecular flexibility index (Phi) is 3.97. The van der Waals surface area contributed by atoms with Crippen LogP contribution in [0, 0.1) is 0 Å². The lowest BCUT2D eigenvalue weighted by Gasteiger charge is -2.13. The normalized spacial score (nSPS) is 15.4. The predicted molar refractivity (Wildman–Crippen MR) is 99.1 cm³/mol. The fourth-order valence-electron chi connectivity index (χ4n) is 2.82. The van der Waals surface area contributed by atoms with Crippen molar-refractivity contribution in [3.05, 3.63) is 76.2 Å². The number of ether oxygens (including phenoxy) is 1. The SMILES string of the molecule is COc1ccc2c(=O)c(C=C3C(=O)NN(c4ccccc4)C3=O)coc2c1. The van der Waals surface area contributed by atoms with Crippen LogP contribution in [0.4, 0.5) is 5.69 Å². The molecular formula is C20H14N2O5. The third kappa shape index (κ3) is 2.85. The largest absolute Gasteiger partial charge is 0.497 e. The minimum atomic E-state index is -0.585. The van der Waals surface area contributed by atoms with Gasteiger partial charge in [-0.25, -0.2) is 5.01 Å². The van der Waals surface area contributed by atoms with Crippen LogP contribution in [0.1, 0.15) is 5.56 Å². The molecule has 0 atom stereocenters. The van der Waals surface area contributed by atoms with E-state index in [9.17, 15) is 14.4 Å². The molecule has 0 radical (unpaired) electrons. The fraction of sp³-hybridized carbons (Fsp3) is 0.0500. The molecule has 0 bridgehead atoms. The summed E-state index contributed by atoms with van der Waals surface area (Å²) in [4.78, 5) is 37.5. The maximum Gasteiger partial charge on any atom is 0.282 e. The molecule has 3 aromatic rings. The van der Waals surface area contributed by atoms with Crippen molar-refractivity contribution in [2.24, 2.45) is 0 Å². The lowest BCUT2D eigenvalue weighted by Crippen LogP contribution is -2.35. The zero-order chi connectivity index (χ0) is 19.0. The van der Waals surface area contributed by atoms with Gasteiger partial charge in [-0.05, 0) is 30.3 Å². The van der Waals surface area contributed by atoms with E-state index >= 15 is 0 Å². The molecule has 134 valence electrons. The molecular weight excluding hydrogens is 348 g/mol. The molecule has 0 aliphatic carbocycles. The van der Waals surface area contributed by atoms with Crippen molar-refractivity contribution in [2.45, 2.75) is 0 Å². The van der Waals surface area contributed by atoms with E-state index in [4.69, 9.17) is 9.15 Å². The van der Waals surface area contributed by atoms with E-state index in [0.717, 1.165) is 5.01 Å². The van der Waals surface area contributed by atoms with Crippen molar-refractivity contribution >= 4 is 34.5 Å². The Morgan fingerprint density at radius 2 is 1.85 bits per heavy atom. The van der Waals surface area contributed by atoms with Crippen LogP contribution in [-0.2, 0) is 9.59 Å². The van der Waals surface area contributed by atoms with Gasteiger partial charge in [0.05, 0.1) is 23.7 Å². The van der Waals surface area contributed by atoms with Gasteiger partial charge in [0.2, 0.25) is 0 Å². The van der Waals surface area contributed by atoms with E-state index in [-0.39, 0.29) is 16.6 Å². The van der Waals surface area contributed by atoms with E-state index in [2.05, 4.69) is 5.43 Å². The zero-order valence-corrected chi connectivity index (χ0v) is 14.3. The molecule has 2 aromatic carbocycles. The highest BCUT2D eigenvalue weighted by Crippen LogP contribution is 2.22. The molecule has 1 fully saturated rings. The second-order valence-corrected chi connectivity index (χ2v) is 5.86. The van der Waals surface area contributed by atoms with Gasteiger partial charge in [0, 0.05) is 6.07 Å². The van der Waals surface area contributed by atoms with E-state index in [0.29, 0.717) is 22.4 Å². The maximum atomic E-state index is 12.7. The van der Waals surface area contributed by atoms with Crippen LogP contribution in [0.25, 0.3) is 17.0 Å². The Morgan fingerprint density at radius 1 is 1.07 bits per heavy atom. The molecule has 2 amide bonds. The van der Waals surface area contributed by atoms with Crippen molar-refractivity contribution < 1.29 is 18.7 Å². The average Bonchev–Trinajstić information content (AvgIpc) is 2.98. The summed E-state index contributed by atoms with van der Waals surface area (Å²) in [6, 6.07) is 13.5. The molecule has 1 aromatic heterocycles. The number of para-hydroxylation sites is 1. The molecule has 1 saturated heterocycles. The number of carbonyl (C=O) groups excluding carboxylic acids is 2. The first-order chi connectivity index (χ1) is 13.1. The molecule has 27 heavy (non-hydrogen) atoms. The summed E-state index contributed by atoms with van der Waals surface area (Å²) < 4.78 is 10.6. The third-order valence-corrected chi connectivity index (χ3v) is 4.21. The average molecular weight is 362 g/mol. The molecule has 7 nitrogen and oxygen atoms in total. The molecule has 0 unspecified atom stereocenters. The number of benzene rings is 2. The molecule has 1 N–H and O–H groups in total. The standard InChI is InChI=1S/C20H14N2O5/c1-26-14-7-8-15-17(10-14)27-11-12(18(15)23)9-16-19(24)21-22(20(16)25)13-5-3-2-4-6-13/h2-11H,1H3,(H,21,24). The quantitative estimate of drug-likeness (QED) is 0.570. The van der Waals surface area contributed by atoms with Crippen LogP contribution >= 0.6 is 0 Å².